The van der Waals surface area contributed by atoms with Gasteiger partial charge >= 0.3 is 0 Å². The summed E-state index contributed by atoms with van der Waals surface area (Å²) >= 11 is 0. The SMILES string of the molecule is CC(C)c1ccccc1NC(=O)CN1CCCC(C(C)N)C1. The molecule has 4 nitrogen and oxygen atoms in total. The van der Waals surface area contributed by atoms with Crippen molar-refractivity contribution in [1.29, 1.82) is 0 Å². The van der Waals surface area contributed by atoms with E-state index in [4.69, 9.17) is 5.73 Å². The van der Waals surface area contributed by atoms with Gasteiger partial charge < -0.3 is 11.1 Å². The number of hydrogen-bond donors (Lipinski definition) is 2. The van der Waals surface area contributed by atoms with Crippen LogP contribution in [0.15, 0.2) is 24.3 Å². The maximum atomic E-state index is 12.3. The lowest BCUT2D eigenvalue weighted by molar-refractivity contribution is -0.117. The molecule has 1 aliphatic rings. The molecule has 0 aliphatic carbocycles. The zero-order valence-corrected chi connectivity index (χ0v) is 14.0. The summed E-state index contributed by atoms with van der Waals surface area (Å²) in [4.78, 5) is 14.6. The molecule has 1 aromatic rings. The van der Waals surface area contributed by atoms with Crippen LogP contribution in [0.2, 0.25) is 0 Å². The van der Waals surface area contributed by atoms with E-state index in [9.17, 15) is 4.79 Å². The Hall–Kier alpha value is -1.39. The minimum atomic E-state index is 0.0680. The summed E-state index contributed by atoms with van der Waals surface area (Å²) in [6.07, 6.45) is 2.30. The fourth-order valence-corrected chi connectivity index (χ4v) is 3.17. The standard InChI is InChI=1S/C18H29N3O/c1-13(2)16-8-4-5-9-17(16)20-18(22)12-21-10-6-7-15(11-21)14(3)19/h4-5,8-9,13-15H,6-7,10-12,19H2,1-3H3,(H,20,22). The highest BCUT2D eigenvalue weighted by Gasteiger charge is 2.24. The number of nitrogens with zero attached hydrogens (tertiary/aromatic N) is 1. The molecule has 1 amide bonds. The fraction of sp³-hybridized carbons (Fsp3) is 0.611. The molecule has 4 heteroatoms. The number of anilines is 1. The Bertz CT molecular complexity index is 499. The van der Waals surface area contributed by atoms with E-state index in [1.54, 1.807) is 0 Å². The Morgan fingerprint density at radius 3 is 2.77 bits per heavy atom. The van der Waals surface area contributed by atoms with E-state index in [1.165, 1.54) is 12.0 Å². The molecule has 1 saturated heterocycles. The molecule has 1 aromatic carbocycles. The summed E-state index contributed by atoms with van der Waals surface area (Å²) in [7, 11) is 0. The number of carbonyl (C=O) groups excluding carboxylic acids is 1. The van der Waals surface area contributed by atoms with Crippen LogP contribution >= 0.6 is 0 Å². The highest BCUT2D eigenvalue weighted by molar-refractivity contribution is 5.93. The first kappa shape index (κ1) is 17.0. The van der Waals surface area contributed by atoms with Crippen molar-refractivity contribution in [3.05, 3.63) is 29.8 Å². The molecular weight excluding hydrogens is 274 g/mol. The predicted octanol–water partition coefficient (Wildman–Crippen LogP) is 2.81. The molecule has 2 atom stereocenters. The van der Waals surface area contributed by atoms with Crippen LogP contribution in [0.1, 0.15) is 45.1 Å². The molecule has 1 heterocycles. The van der Waals surface area contributed by atoms with Gasteiger partial charge in [0.15, 0.2) is 0 Å². The number of rotatable bonds is 5. The summed E-state index contributed by atoms with van der Waals surface area (Å²) in [5.74, 6) is 0.969. The number of benzene rings is 1. The zero-order chi connectivity index (χ0) is 16.1. The Balaban J connectivity index is 1.93. The van der Waals surface area contributed by atoms with Crippen molar-refractivity contribution in [3.63, 3.8) is 0 Å². The molecule has 2 unspecified atom stereocenters. The number of piperidine rings is 1. The first-order chi connectivity index (χ1) is 10.5. The first-order valence-corrected chi connectivity index (χ1v) is 8.34. The summed E-state index contributed by atoms with van der Waals surface area (Å²) in [6, 6.07) is 8.24. The molecule has 0 radical (unpaired) electrons. The van der Waals surface area contributed by atoms with Crippen LogP contribution in [-0.2, 0) is 4.79 Å². The van der Waals surface area contributed by atoms with E-state index in [0.717, 1.165) is 25.2 Å². The third-order valence-corrected chi connectivity index (χ3v) is 4.51. The van der Waals surface area contributed by atoms with Crippen LogP contribution in [0.4, 0.5) is 5.69 Å². The van der Waals surface area contributed by atoms with E-state index < -0.39 is 0 Å². The average Bonchev–Trinajstić information content (AvgIpc) is 2.47. The van der Waals surface area contributed by atoms with E-state index in [0.29, 0.717) is 18.4 Å². The molecule has 22 heavy (non-hydrogen) atoms. The number of carbonyl (C=O) groups is 1. The Labute approximate surface area is 134 Å². The fourth-order valence-electron chi connectivity index (χ4n) is 3.17. The largest absolute Gasteiger partial charge is 0.328 e. The molecule has 1 aliphatic heterocycles. The van der Waals surface area contributed by atoms with Crippen molar-refractivity contribution in [3.8, 4) is 0 Å². The van der Waals surface area contributed by atoms with Gasteiger partial charge in [-0.1, -0.05) is 32.0 Å². The average molecular weight is 303 g/mol. The lowest BCUT2D eigenvalue weighted by Crippen LogP contribution is -2.45. The van der Waals surface area contributed by atoms with Crippen molar-refractivity contribution in [2.24, 2.45) is 11.7 Å². The van der Waals surface area contributed by atoms with Crippen molar-refractivity contribution < 1.29 is 4.79 Å². The minimum Gasteiger partial charge on any atom is -0.328 e. The van der Waals surface area contributed by atoms with Gasteiger partial charge in [-0.05, 0) is 49.8 Å². The highest BCUT2D eigenvalue weighted by Crippen LogP contribution is 2.24. The lowest BCUT2D eigenvalue weighted by Gasteiger charge is -2.34. The van der Waals surface area contributed by atoms with Crippen LogP contribution in [-0.4, -0.2) is 36.5 Å². The van der Waals surface area contributed by atoms with Gasteiger partial charge in [0.1, 0.15) is 0 Å². The molecule has 122 valence electrons. The molecule has 3 N–H and O–H groups in total. The number of amides is 1. The van der Waals surface area contributed by atoms with Crippen molar-refractivity contribution in [2.75, 3.05) is 25.0 Å². The Morgan fingerprint density at radius 1 is 1.36 bits per heavy atom. The first-order valence-electron chi connectivity index (χ1n) is 8.34. The van der Waals surface area contributed by atoms with E-state index in [1.807, 2.05) is 18.2 Å². The second-order valence-electron chi connectivity index (χ2n) is 6.79. The molecule has 0 spiro atoms. The van der Waals surface area contributed by atoms with Crippen molar-refractivity contribution in [2.45, 2.75) is 45.6 Å². The van der Waals surface area contributed by atoms with E-state index in [2.05, 4.69) is 37.1 Å². The van der Waals surface area contributed by atoms with Gasteiger partial charge in [0, 0.05) is 18.3 Å². The summed E-state index contributed by atoms with van der Waals surface area (Å²) < 4.78 is 0. The van der Waals surface area contributed by atoms with Gasteiger partial charge in [0.25, 0.3) is 0 Å². The predicted molar refractivity (Wildman–Crippen MR) is 92.0 cm³/mol. The summed E-state index contributed by atoms with van der Waals surface area (Å²) in [6.45, 7) is 8.72. The number of nitrogens with one attached hydrogen (secondary N) is 1. The molecule has 2 rings (SSSR count). The summed E-state index contributed by atoms with van der Waals surface area (Å²) in [5, 5.41) is 3.07. The van der Waals surface area contributed by atoms with Crippen LogP contribution in [0.25, 0.3) is 0 Å². The monoisotopic (exact) mass is 303 g/mol. The van der Waals surface area contributed by atoms with Gasteiger partial charge in [0.05, 0.1) is 6.54 Å². The zero-order valence-electron chi connectivity index (χ0n) is 14.0. The Morgan fingerprint density at radius 2 is 2.09 bits per heavy atom. The normalized spacial score (nSPS) is 20.9. The van der Waals surface area contributed by atoms with Gasteiger partial charge in [-0.2, -0.15) is 0 Å². The van der Waals surface area contributed by atoms with Crippen molar-refractivity contribution in [1.82, 2.24) is 4.90 Å². The number of likely N-dealkylation sites (tertiary alicyclic amines) is 1. The smallest absolute Gasteiger partial charge is 0.238 e. The number of hydrogen-bond acceptors (Lipinski definition) is 3. The summed E-state index contributed by atoms with van der Waals surface area (Å²) in [5.41, 5.74) is 8.13. The van der Waals surface area contributed by atoms with Gasteiger partial charge in [-0.15, -0.1) is 0 Å². The van der Waals surface area contributed by atoms with Crippen LogP contribution in [0.3, 0.4) is 0 Å². The quantitative estimate of drug-likeness (QED) is 0.879. The maximum Gasteiger partial charge on any atom is 0.238 e. The molecule has 0 bridgehead atoms. The van der Waals surface area contributed by atoms with Crippen molar-refractivity contribution >= 4 is 11.6 Å². The van der Waals surface area contributed by atoms with Gasteiger partial charge in [0.2, 0.25) is 5.91 Å². The molecular formula is C18H29N3O. The van der Waals surface area contributed by atoms with Crippen LogP contribution < -0.4 is 11.1 Å². The molecule has 1 fully saturated rings. The Kier molecular flexibility index (Phi) is 5.98. The minimum absolute atomic E-state index is 0.0680. The molecule has 0 aromatic heterocycles. The highest BCUT2D eigenvalue weighted by atomic mass is 16.2. The number of para-hydroxylation sites is 1. The van der Waals surface area contributed by atoms with Gasteiger partial charge in [-0.25, -0.2) is 0 Å². The van der Waals surface area contributed by atoms with Crippen LogP contribution in [0.5, 0.6) is 0 Å². The number of nitrogens with two attached hydrogens (primary N) is 1. The third-order valence-electron chi connectivity index (χ3n) is 4.51. The van der Waals surface area contributed by atoms with E-state index in [-0.39, 0.29) is 11.9 Å². The van der Waals surface area contributed by atoms with Gasteiger partial charge in [-0.3, -0.25) is 9.69 Å². The molecule has 0 saturated carbocycles. The maximum absolute atomic E-state index is 12.3. The topological polar surface area (TPSA) is 58.4 Å². The second-order valence-corrected chi connectivity index (χ2v) is 6.79. The van der Waals surface area contributed by atoms with E-state index >= 15 is 0 Å². The second kappa shape index (κ2) is 7.75. The lowest BCUT2D eigenvalue weighted by atomic mass is 9.92. The third kappa shape index (κ3) is 4.55. The van der Waals surface area contributed by atoms with Crippen LogP contribution in [0, 0.1) is 5.92 Å².